The fraction of sp³-hybridized carbons (Fsp3) is 0.950. The van der Waals surface area contributed by atoms with Crippen LogP contribution < -0.4 is 5.32 Å². The fourth-order valence-electron chi connectivity index (χ4n) is 4.99. The van der Waals surface area contributed by atoms with Gasteiger partial charge in [-0.25, -0.2) is 0 Å². The molecule has 2 aliphatic heterocycles. The number of rotatable bonds is 6. The maximum absolute atomic E-state index is 13.4. The van der Waals surface area contributed by atoms with E-state index in [-0.39, 0.29) is 5.54 Å². The van der Waals surface area contributed by atoms with E-state index in [1.54, 1.807) is 0 Å². The summed E-state index contributed by atoms with van der Waals surface area (Å²) in [5, 5.41) is 3.49. The largest absolute Gasteiger partial charge is 0.352 e. The Morgan fingerprint density at radius 1 is 1.00 bits per heavy atom. The summed E-state index contributed by atoms with van der Waals surface area (Å²) >= 11 is 1.92. The lowest BCUT2D eigenvalue weighted by Gasteiger charge is -2.47. The summed E-state index contributed by atoms with van der Waals surface area (Å²) in [6, 6.07) is 0.390. The summed E-state index contributed by atoms with van der Waals surface area (Å²) in [5.41, 5.74) is -0.186. The smallest absolute Gasteiger partial charge is 0.240 e. The highest BCUT2D eigenvalue weighted by atomic mass is 32.2. The molecule has 2 heterocycles. The number of hydrogen-bond donors (Lipinski definition) is 1. The average Bonchev–Trinajstić information content (AvgIpc) is 2.68. The molecule has 0 atom stereocenters. The standard InChI is InChI=1S/C20H37N3OS/c1-25-17-16-22-14-8-18(9-15-22)21-19(24)20(10-4-2-5-11-20)23-12-6-3-7-13-23/h18H,2-17H2,1H3,(H,21,24). The van der Waals surface area contributed by atoms with Gasteiger partial charge in [-0.3, -0.25) is 9.69 Å². The summed E-state index contributed by atoms with van der Waals surface area (Å²) in [6.07, 6.45) is 14.2. The second-order valence-electron chi connectivity index (χ2n) is 8.22. The van der Waals surface area contributed by atoms with Crippen LogP contribution in [0.5, 0.6) is 0 Å². The molecule has 3 fully saturated rings. The van der Waals surface area contributed by atoms with Crippen molar-refractivity contribution in [2.75, 3.05) is 44.7 Å². The summed E-state index contributed by atoms with van der Waals surface area (Å²) in [6.45, 7) is 5.73. The minimum Gasteiger partial charge on any atom is -0.352 e. The normalized spacial score (nSPS) is 26.4. The van der Waals surface area contributed by atoms with Crippen LogP contribution in [0.1, 0.15) is 64.2 Å². The highest BCUT2D eigenvalue weighted by molar-refractivity contribution is 7.98. The van der Waals surface area contributed by atoms with Crippen molar-refractivity contribution in [1.29, 1.82) is 0 Å². The third-order valence-corrected chi connectivity index (χ3v) is 7.19. The second-order valence-corrected chi connectivity index (χ2v) is 9.21. The van der Waals surface area contributed by atoms with Gasteiger partial charge in [-0.1, -0.05) is 25.7 Å². The number of carbonyl (C=O) groups excluding carboxylic acids is 1. The van der Waals surface area contributed by atoms with Crippen molar-refractivity contribution >= 4 is 17.7 Å². The zero-order valence-corrected chi connectivity index (χ0v) is 16.9. The van der Waals surface area contributed by atoms with E-state index >= 15 is 0 Å². The predicted octanol–water partition coefficient (Wildman–Crippen LogP) is 3.12. The molecule has 3 aliphatic rings. The van der Waals surface area contributed by atoms with Gasteiger partial charge >= 0.3 is 0 Å². The molecule has 25 heavy (non-hydrogen) atoms. The molecule has 1 aliphatic carbocycles. The van der Waals surface area contributed by atoms with Crippen molar-refractivity contribution in [3.8, 4) is 0 Å². The topological polar surface area (TPSA) is 35.6 Å². The molecule has 1 N–H and O–H groups in total. The highest BCUT2D eigenvalue weighted by Crippen LogP contribution is 2.36. The molecule has 4 nitrogen and oxygen atoms in total. The average molecular weight is 368 g/mol. The zero-order valence-electron chi connectivity index (χ0n) is 16.1. The SMILES string of the molecule is CSCCN1CCC(NC(=O)C2(N3CCCCC3)CCCCC2)CC1. The lowest BCUT2D eigenvalue weighted by atomic mass is 9.78. The zero-order chi connectivity index (χ0) is 17.5. The molecule has 0 unspecified atom stereocenters. The quantitative estimate of drug-likeness (QED) is 0.782. The van der Waals surface area contributed by atoms with Crippen molar-refractivity contribution in [2.45, 2.75) is 75.8 Å². The highest BCUT2D eigenvalue weighted by Gasteiger charge is 2.45. The number of nitrogens with one attached hydrogen (secondary N) is 1. The van der Waals surface area contributed by atoms with Gasteiger partial charge in [-0.15, -0.1) is 0 Å². The van der Waals surface area contributed by atoms with E-state index in [0.29, 0.717) is 11.9 Å². The molecule has 1 saturated carbocycles. The number of amides is 1. The van der Waals surface area contributed by atoms with E-state index in [9.17, 15) is 4.79 Å². The fourth-order valence-corrected chi connectivity index (χ4v) is 5.43. The van der Waals surface area contributed by atoms with Crippen LogP contribution >= 0.6 is 11.8 Å². The molecule has 5 heteroatoms. The number of likely N-dealkylation sites (tertiary alicyclic amines) is 2. The second kappa shape index (κ2) is 9.61. The molecule has 1 amide bonds. The molecule has 0 aromatic rings. The lowest BCUT2D eigenvalue weighted by Crippen LogP contribution is -2.62. The van der Waals surface area contributed by atoms with Crippen LogP contribution in [0.4, 0.5) is 0 Å². The Morgan fingerprint density at radius 3 is 2.28 bits per heavy atom. The Balaban J connectivity index is 1.56. The first kappa shape index (κ1) is 19.5. The van der Waals surface area contributed by atoms with Crippen LogP contribution in [0.15, 0.2) is 0 Å². The van der Waals surface area contributed by atoms with E-state index in [2.05, 4.69) is 21.4 Å². The van der Waals surface area contributed by atoms with Gasteiger partial charge < -0.3 is 10.2 Å². The number of nitrogens with zero attached hydrogens (tertiary/aromatic N) is 2. The molecule has 0 aromatic carbocycles. The molecule has 3 rings (SSSR count). The van der Waals surface area contributed by atoms with Crippen molar-refractivity contribution < 1.29 is 4.79 Å². The van der Waals surface area contributed by atoms with Gasteiger partial charge in [0.05, 0.1) is 0 Å². The van der Waals surface area contributed by atoms with Gasteiger partial charge in [-0.05, 0) is 57.9 Å². The first-order chi connectivity index (χ1) is 12.2. The molecular weight excluding hydrogens is 330 g/mol. The summed E-state index contributed by atoms with van der Waals surface area (Å²) in [7, 11) is 0. The lowest BCUT2D eigenvalue weighted by molar-refractivity contribution is -0.138. The first-order valence-corrected chi connectivity index (χ1v) is 11.9. The molecular formula is C20H37N3OS. The first-order valence-electron chi connectivity index (χ1n) is 10.5. The summed E-state index contributed by atoms with van der Waals surface area (Å²) in [4.78, 5) is 18.5. The van der Waals surface area contributed by atoms with E-state index in [1.165, 1.54) is 50.8 Å². The van der Waals surface area contributed by atoms with E-state index < -0.39 is 0 Å². The van der Waals surface area contributed by atoms with Gasteiger partial charge in [0.25, 0.3) is 0 Å². The maximum Gasteiger partial charge on any atom is 0.240 e. The van der Waals surface area contributed by atoms with Gasteiger partial charge in [0.1, 0.15) is 5.54 Å². The Bertz CT molecular complexity index is 411. The summed E-state index contributed by atoms with van der Waals surface area (Å²) < 4.78 is 0. The maximum atomic E-state index is 13.4. The van der Waals surface area contributed by atoms with Crippen LogP contribution in [0.25, 0.3) is 0 Å². The third-order valence-electron chi connectivity index (χ3n) is 6.60. The van der Waals surface area contributed by atoms with Crippen LogP contribution in [0.3, 0.4) is 0 Å². The van der Waals surface area contributed by atoms with Crippen molar-refractivity contribution in [3.63, 3.8) is 0 Å². The molecule has 0 radical (unpaired) electrons. The van der Waals surface area contributed by atoms with Gasteiger partial charge in [0, 0.05) is 31.4 Å². The number of piperidine rings is 2. The Morgan fingerprint density at radius 2 is 1.64 bits per heavy atom. The van der Waals surface area contributed by atoms with E-state index in [0.717, 1.165) is 51.9 Å². The van der Waals surface area contributed by atoms with Crippen LogP contribution in [0.2, 0.25) is 0 Å². The number of carbonyl (C=O) groups is 1. The minimum atomic E-state index is -0.186. The Kier molecular flexibility index (Phi) is 7.50. The molecule has 0 bridgehead atoms. The molecule has 0 spiro atoms. The van der Waals surface area contributed by atoms with Gasteiger partial charge in [0.15, 0.2) is 0 Å². The van der Waals surface area contributed by atoms with Crippen molar-refractivity contribution in [1.82, 2.24) is 15.1 Å². The van der Waals surface area contributed by atoms with Crippen molar-refractivity contribution in [3.05, 3.63) is 0 Å². The monoisotopic (exact) mass is 367 g/mol. The van der Waals surface area contributed by atoms with Crippen LogP contribution in [-0.2, 0) is 4.79 Å². The van der Waals surface area contributed by atoms with Gasteiger partial charge in [-0.2, -0.15) is 11.8 Å². The molecule has 0 aromatic heterocycles. The number of hydrogen-bond acceptors (Lipinski definition) is 4. The van der Waals surface area contributed by atoms with E-state index in [4.69, 9.17) is 0 Å². The third kappa shape index (κ3) is 4.92. The number of thioether (sulfide) groups is 1. The van der Waals surface area contributed by atoms with Crippen molar-refractivity contribution in [2.24, 2.45) is 0 Å². The van der Waals surface area contributed by atoms with E-state index in [1.807, 2.05) is 11.8 Å². The van der Waals surface area contributed by atoms with Crippen LogP contribution in [0, 0.1) is 0 Å². The Hall–Kier alpha value is -0.260. The summed E-state index contributed by atoms with van der Waals surface area (Å²) in [5.74, 6) is 1.58. The molecule has 144 valence electrons. The Labute approximate surface area is 158 Å². The van der Waals surface area contributed by atoms with Crippen LogP contribution in [-0.4, -0.2) is 72.0 Å². The van der Waals surface area contributed by atoms with Gasteiger partial charge in [0.2, 0.25) is 5.91 Å². The minimum absolute atomic E-state index is 0.186. The predicted molar refractivity (Wildman–Crippen MR) is 107 cm³/mol. The molecule has 2 saturated heterocycles.